The zero-order valence-electron chi connectivity index (χ0n) is 12.1. The molecule has 0 fully saturated rings. The number of aryl methyl sites for hydroxylation is 1. The third kappa shape index (κ3) is 2.49. The minimum atomic E-state index is -3.58. The van der Waals surface area contributed by atoms with Crippen molar-refractivity contribution >= 4 is 21.6 Å². The van der Waals surface area contributed by atoms with Crippen molar-refractivity contribution in [2.45, 2.75) is 20.3 Å². The van der Waals surface area contributed by atoms with Gasteiger partial charge in [0.15, 0.2) is 0 Å². The van der Waals surface area contributed by atoms with E-state index in [4.69, 9.17) is 0 Å². The van der Waals surface area contributed by atoms with E-state index in [1.165, 1.54) is 4.31 Å². The van der Waals surface area contributed by atoms with Crippen LogP contribution in [-0.2, 0) is 16.6 Å². The van der Waals surface area contributed by atoms with E-state index in [2.05, 4.69) is 4.72 Å². The standard InChI is InChI=1S/C16H18N2O2S/c1-12-6-5-8-15(13(12)2)17-21(19,20)18-11-10-14-7-3-4-9-16(14)18/h3-9,17H,10-11H2,1-2H3. The molecular weight excluding hydrogens is 284 g/mol. The third-order valence-electron chi connectivity index (χ3n) is 3.98. The lowest BCUT2D eigenvalue weighted by molar-refractivity contribution is 0.597. The fraction of sp³-hybridized carbons (Fsp3) is 0.250. The van der Waals surface area contributed by atoms with Crippen LogP contribution in [-0.4, -0.2) is 15.0 Å². The van der Waals surface area contributed by atoms with Gasteiger partial charge in [-0.25, -0.2) is 0 Å². The van der Waals surface area contributed by atoms with E-state index in [0.29, 0.717) is 12.2 Å². The molecule has 0 saturated carbocycles. The van der Waals surface area contributed by atoms with Gasteiger partial charge in [-0.15, -0.1) is 0 Å². The second-order valence-electron chi connectivity index (χ2n) is 5.31. The van der Waals surface area contributed by atoms with E-state index in [1.807, 2.05) is 50.2 Å². The van der Waals surface area contributed by atoms with Crippen molar-refractivity contribution < 1.29 is 8.42 Å². The predicted molar refractivity (Wildman–Crippen MR) is 86.0 cm³/mol. The van der Waals surface area contributed by atoms with Gasteiger partial charge >= 0.3 is 10.2 Å². The van der Waals surface area contributed by atoms with E-state index < -0.39 is 10.2 Å². The molecule has 0 spiro atoms. The summed E-state index contributed by atoms with van der Waals surface area (Å²) >= 11 is 0. The summed E-state index contributed by atoms with van der Waals surface area (Å²) in [6, 6.07) is 13.3. The monoisotopic (exact) mass is 302 g/mol. The van der Waals surface area contributed by atoms with Crippen molar-refractivity contribution in [3.05, 3.63) is 59.2 Å². The minimum absolute atomic E-state index is 0.486. The largest absolute Gasteiger partial charge is 0.323 e. The highest BCUT2D eigenvalue weighted by molar-refractivity contribution is 7.94. The van der Waals surface area contributed by atoms with Crippen LogP contribution in [0.2, 0.25) is 0 Å². The topological polar surface area (TPSA) is 49.4 Å². The first-order valence-corrected chi connectivity index (χ1v) is 8.37. The molecule has 1 N–H and O–H groups in total. The Hall–Kier alpha value is -2.01. The molecule has 0 radical (unpaired) electrons. The highest BCUT2D eigenvalue weighted by Crippen LogP contribution is 2.31. The summed E-state index contributed by atoms with van der Waals surface area (Å²) in [5, 5.41) is 0. The van der Waals surface area contributed by atoms with Crippen molar-refractivity contribution in [2.24, 2.45) is 0 Å². The van der Waals surface area contributed by atoms with E-state index in [1.54, 1.807) is 6.07 Å². The zero-order chi connectivity index (χ0) is 15.0. The maximum absolute atomic E-state index is 12.6. The van der Waals surface area contributed by atoms with Gasteiger partial charge in [0.05, 0.1) is 11.4 Å². The van der Waals surface area contributed by atoms with E-state index in [0.717, 1.165) is 28.8 Å². The van der Waals surface area contributed by atoms with Gasteiger partial charge in [0.1, 0.15) is 0 Å². The highest BCUT2D eigenvalue weighted by Gasteiger charge is 2.29. The molecule has 3 rings (SSSR count). The molecule has 0 aliphatic carbocycles. The van der Waals surface area contributed by atoms with Gasteiger partial charge in [-0.1, -0.05) is 30.3 Å². The fourth-order valence-electron chi connectivity index (χ4n) is 2.61. The maximum Gasteiger partial charge on any atom is 0.323 e. The second kappa shape index (κ2) is 5.07. The Morgan fingerprint density at radius 1 is 1.05 bits per heavy atom. The number of anilines is 2. The van der Waals surface area contributed by atoms with Crippen molar-refractivity contribution in [3.8, 4) is 0 Å². The number of nitrogens with one attached hydrogen (secondary N) is 1. The van der Waals surface area contributed by atoms with Crippen LogP contribution in [0, 0.1) is 13.8 Å². The second-order valence-corrected chi connectivity index (χ2v) is 6.90. The predicted octanol–water partition coefficient (Wildman–Crippen LogP) is 3.02. The molecule has 0 aromatic heterocycles. The molecule has 5 heteroatoms. The summed E-state index contributed by atoms with van der Waals surface area (Å²) in [5.41, 5.74) is 4.50. The van der Waals surface area contributed by atoms with Crippen LogP contribution >= 0.6 is 0 Å². The van der Waals surface area contributed by atoms with Crippen molar-refractivity contribution in [1.82, 2.24) is 0 Å². The molecule has 1 aliphatic rings. The number of rotatable bonds is 3. The molecule has 110 valence electrons. The van der Waals surface area contributed by atoms with Crippen molar-refractivity contribution in [1.29, 1.82) is 0 Å². The minimum Gasteiger partial charge on any atom is -0.266 e. The molecule has 0 unspecified atom stereocenters. The van der Waals surface area contributed by atoms with E-state index >= 15 is 0 Å². The highest BCUT2D eigenvalue weighted by atomic mass is 32.2. The molecular formula is C16H18N2O2S. The lowest BCUT2D eigenvalue weighted by Crippen LogP contribution is -2.34. The molecule has 0 amide bonds. The molecule has 0 atom stereocenters. The molecule has 21 heavy (non-hydrogen) atoms. The average Bonchev–Trinajstić information content (AvgIpc) is 2.88. The Kier molecular flexibility index (Phi) is 3.37. The normalized spacial score (nSPS) is 14.1. The van der Waals surface area contributed by atoms with Gasteiger partial charge in [-0.3, -0.25) is 9.03 Å². The number of nitrogens with zero attached hydrogens (tertiary/aromatic N) is 1. The van der Waals surface area contributed by atoms with Gasteiger partial charge in [-0.05, 0) is 49.1 Å². The van der Waals surface area contributed by atoms with E-state index in [9.17, 15) is 8.42 Å². The summed E-state index contributed by atoms with van der Waals surface area (Å²) in [5.74, 6) is 0. The quantitative estimate of drug-likeness (QED) is 0.947. The maximum atomic E-state index is 12.6. The zero-order valence-corrected chi connectivity index (χ0v) is 12.9. The fourth-order valence-corrected chi connectivity index (χ4v) is 3.99. The number of para-hydroxylation sites is 1. The summed E-state index contributed by atoms with van der Waals surface area (Å²) in [6.45, 7) is 4.38. The molecule has 1 aliphatic heterocycles. The molecule has 2 aromatic rings. The van der Waals surface area contributed by atoms with Gasteiger partial charge < -0.3 is 0 Å². The first kappa shape index (κ1) is 13.9. The SMILES string of the molecule is Cc1cccc(NS(=O)(=O)N2CCc3ccccc32)c1C. The van der Waals surface area contributed by atoms with Crippen LogP contribution in [0.4, 0.5) is 11.4 Å². The van der Waals surface area contributed by atoms with Crippen LogP contribution in [0.1, 0.15) is 16.7 Å². The van der Waals surface area contributed by atoms with Gasteiger partial charge in [0.25, 0.3) is 0 Å². The Labute approximate surface area is 125 Å². The first-order chi connectivity index (χ1) is 9.99. The van der Waals surface area contributed by atoms with Gasteiger partial charge in [0, 0.05) is 6.54 Å². The number of hydrogen-bond donors (Lipinski definition) is 1. The van der Waals surface area contributed by atoms with Gasteiger partial charge in [0.2, 0.25) is 0 Å². The molecule has 4 nitrogen and oxygen atoms in total. The summed E-state index contributed by atoms with van der Waals surface area (Å²) in [7, 11) is -3.58. The molecule has 0 saturated heterocycles. The molecule has 0 bridgehead atoms. The smallest absolute Gasteiger partial charge is 0.266 e. The van der Waals surface area contributed by atoms with E-state index in [-0.39, 0.29) is 0 Å². The number of hydrogen-bond acceptors (Lipinski definition) is 2. The lowest BCUT2D eigenvalue weighted by atomic mass is 10.1. The van der Waals surface area contributed by atoms with Crippen LogP contribution in [0.5, 0.6) is 0 Å². The Morgan fingerprint density at radius 2 is 1.81 bits per heavy atom. The molecule has 2 aromatic carbocycles. The van der Waals surface area contributed by atoms with Crippen molar-refractivity contribution in [2.75, 3.05) is 15.6 Å². The Bertz CT molecular complexity index is 785. The summed E-state index contributed by atoms with van der Waals surface area (Å²) in [6.07, 6.45) is 0.754. The van der Waals surface area contributed by atoms with Crippen LogP contribution in [0.3, 0.4) is 0 Å². The third-order valence-corrected chi connectivity index (χ3v) is 5.42. The number of benzene rings is 2. The number of fused-ring (bicyclic) bond motifs is 1. The average molecular weight is 302 g/mol. The Morgan fingerprint density at radius 3 is 2.62 bits per heavy atom. The van der Waals surface area contributed by atoms with Crippen LogP contribution in [0.25, 0.3) is 0 Å². The van der Waals surface area contributed by atoms with Gasteiger partial charge in [-0.2, -0.15) is 8.42 Å². The van der Waals surface area contributed by atoms with Crippen LogP contribution in [0.15, 0.2) is 42.5 Å². The van der Waals surface area contributed by atoms with Crippen LogP contribution < -0.4 is 9.03 Å². The summed E-state index contributed by atoms with van der Waals surface area (Å²) in [4.78, 5) is 0. The Balaban J connectivity index is 1.94. The first-order valence-electron chi connectivity index (χ1n) is 6.93. The lowest BCUT2D eigenvalue weighted by Gasteiger charge is -2.21. The molecule has 1 heterocycles. The summed E-state index contributed by atoms with van der Waals surface area (Å²) < 4.78 is 29.4. The van der Waals surface area contributed by atoms with Crippen molar-refractivity contribution in [3.63, 3.8) is 0 Å².